The third kappa shape index (κ3) is 3.98. The number of nitrogens with zero attached hydrogens (tertiary/aromatic N) is 3. The number of para-hydroxylation sites is 1. The Bertz CT molecular complexity index is 680. The van der Waals surface area contributed by atoms with E-state index in [9.17, 15) is 10.1 Å². The molecule has 0 aliphatic heterocycles. The number of rotatable bonds is 5. The fourth-order valence-electron chi connectivity index (χ4n) is 1.68. The van der Waals surface area contributed by atoms with E-state index in [1.165, 1.54) is 6.07 Å². The smallest absolute Gasteiger partial charge is 0.312 e. The van der Waals surface area contributed by atoms with Gasteiger partial charge < -0.3 is 4.74 Å². The number of nitro groups is 1. The first kappa shape index (κ1) is 15.8. The van der Waals surface area contributed by atoms with Gasteiger partial charge in [-0.25, -0.2) is 4.98 Å². The third-order valence-corrected chi connectivity index (χ3v) is 3.57. The Hall–Kier alpha value is -1.54. The van der Waals surface area contributed by atoms with Crippen LogP contribution >= 0.6 is 31.9 Å². The zero-order chi connectivity index (χ0) is 15.4. The molecule has 0 radical (unpaired) electrons. The largest absolute Gasteiger partial charge is 0.430 e. The molecule has 2 rings (SSSR count). The molecule has 0 aliphatic carbocycles. The second-order valence-corrected chi connectivity index (χ2v) is 5.81. The van der Waals surface area contributed by atoms with Gasteiger partial charge in [0.05, 0.1) is 9.40 Å². The maximum atomic E-state index is 11.1. The predicted molar refractivity (Wildman–Crippen MR) is 84.6 cm³/mol. The van der Waals surface area contributed by atoms with Crippen LogP contribution in [0, 0.1) is 10.1 Å². The molecular formula is C13H11Br2N3O3. The lowest BCUT2D eigenvalue weighted by molar-refractivity contribution is -0.385. The predicted octanol–water partition coefficient (Wildman–Crippen LogP) is 4.65. The first-order chi connectivity index (χ1) is 10.0. The minimum atomic E-state index is -0.497. The van der Waals surface area contributed by atoms with E-state index in [0.717, 1.165) is 6.42 Å². The fourth-order valence-corrected chi connectivity index (χ4v) is 2.51. The van der Waals surface area contributed by atoms with Crippen LogP contribution in [0.15, 0.2) is 33.3 Å². The van der Waals surface area contributed by atoms with E-state index >= 15 is 0 Å². The summed E-state index contributed by atoms with van der Waals surface area (Å²) in [4.78, 5) is 19.0. The first-order valence-electron chi connectivity index (χ1n) is 6.15. The van der Waals surface area contributed by atoms with Crippen LogP contribution in [0.2, 0.25) is 0 Å². The third-order valence-electron chi connectivity index (χ3n) is 2.54. The van der Waals surface area contributed by atoms with Crippen molar-refractivity contribution in [3.8, 4) is 11.6 Å². The van der Waals surface area contributed by atoms with E-state index in [-0.39, 0.29) is 17.3 Å². The molecule has 21 heavy (non-hydrogen) atoms. The highest BCUT2D eigenvalue weighted by atomic mass is 79.9. The van der Waals surface area contributed by atoms with Crippen molar-refractivity contribution in [1.29, 1.82) is 0 Å². The Morgan fingerprint density at radius 2 is 2.10 bits per heavy atom. The maximum Gasteiger partial charge on any atom is 0.312 e. The lowest BCUT2D eigenvalue weighted by Gasteiger charge is -2.08. The zero-order valence-corrected chi connectivity index (χ0v) is 14.2. The summed E-state index contributed by atoms with van der Waals surface area (Å²) in [7, 11) is 0. The van der Waals surface area contributed by atoms with E-state index in [4.69, 9.17) is 4.74 Å². The normalized spacial score (nSPS) is 10.4. The first-order valence-corrected chi connectivity index (χ1v) is 7.74. The van der Waals surface area contributed by atoms with Gasteiger partial charge in [-0.15, -0.1) is 0 Å². The van der Waals surface area contributed by atoms with E-state index in [2.05, 4.69) is 41.8 Å². The summed E-state index contributed by atoms with van der Waals surface area (Å²) in [5.74, 6) is 1.00. The second-order valence-electron chi connectivity index (χ2n) is 4.14. The summed E-state index contributed by atoms with van der Waals surface area (Å²) in [6.45, 7) is 2.02. The van der Waals surface area contributed by atoms with E-state index in [0.29, 0.717) is 21.3 Å². The molecular weight excluding hydrogens is 406 g/mol. The topological polar surface area (TPSA) is 78.2 Å². The lowest BCUT2D eigenvalue weighted by Crippen LogP contribution is -2.00. The molecule has 2 aromatic rings. The van der Waals surface area contributed by atoms with Crippen molar-refractivity contribution in [1.82, 2.24) is 9.97 Å². The molecule has 0 N–H and O–H groups in total. The molecule has 0 bridgehead atoms. The molecule has 0 saturated carbocycles. The van der Waals surface area contributed by atoms with Gasteiger partial charge in [0.2, 0.25) is 11.6 Å². The molecule has 0 fully saturated rings. The highest BCUT2D eigenvalue weighted by Crippen LogP contribution is 2.37. The van der Waals surface area contributed by atoms with Crippen molar-refractivity contribution < 1.29 is 9.66 Å². The van der Waals surface area contributed by atoms with Gasteiger partial charge in [0.25, 0.3) is 0 Å². The minimum absolute atomic E-state index is 0.121. The van der Waals surface area contributed by atoms with Gasteiger partial charge >= 0.3 is 5.69 Å². The Kier molecular flexibility index (Phi) is 5.24. The molecule has 0 atom stereocenters. The van der Waals surface area contributed by atoms with Gasteiger partial charge in [-0.2, -0.15) is 4.98 Å². The number of ether oxygens (including phenoxy) is 1. The van der Waals surface area contributed by atoms with Gasteiger partial charge in [0.1, 0.15) is 10.4 Å². The lowest BCUT2D eigenvalue weighted by atomic mass is 10.3. The monoisotopic (exact) mass is 415 g/mol. The van der Waals surface area contributed by atoms with E-state index in [1.807, 2.05) is 6.92 Å². The highest BCUT2D eigenvalue weighted by Gasteiger charge is 2.19. The molecule has 0 saturated heterocycles. The van der Waals surface area contributed by atoms with Gasteiger partial charge in [0, 0.05) is 18.6 Å². The molecule has 1 aromatic carbocycles. The summed E-state index contributed by atoms with van der Waals surface area (Å²) in [6.07, 6.45) is 1.60. The van der Waals surface area contributed by atoms with Crippen molar-refractivity contribution in [3.05, 3.63) is 49.3 Å². The van der Waals surface area contributed by atoms with Crippen molar-refractivity contribution in [3.63, 3.8) is 0 Å². The van der Waals surface area contributed by atoms with Crippen molar-refractivity contribution in [2.24, 2.45) is 0 Å². The Labute approximate surface area is 138 Å². The molecule has 8 heteroatoms. The summed E-state index contributed by atoms with van der Waals surface area (Å²) in [6, 6.07) is 6.20. The van der Waals surface area contributed by atoms with Gasteiger partial charge in [0.15, 0.2) is 0 Å². The molecule has 0 aliphatic rings. The number of hydrogen-bond donors (Lipinski definition) is 0. The molecule has 6 nitrogen and oxygen atoms in total. The van der Waals surface area contributed by atoms with E-state index < -0.39 is 4.92 Å². The molecule has 1 heterocycles. The van der Waals surface area contributed by atoms with Crippen LogP contribution in [0.4, 0.5) is 5.69 Å². The highest BCUT2D eigenvalue weighted by molar-refractivity contribution is 9.10. The molecule has 0 unspecified atom stereocenters. The Morgan fingerprint density at radius 1 is 1.33 bits per heavy atom. The molecule has 110 valence electrons. The SMILES string of the molecule is CCCc1nc(Br)cc(Oc2c(Br)cccc2[N+](=O)[O-])n1. The Morgan fingerprint density at radius 3 is 2.76 bits per heavy atom. The van der Waals surface area contributed by atoms with Crippen LogP contribution in [0.3, 0.4) is 0 Å². The number of aryl methyl sites for hydroxylation is 1. The van der Waals surface area contributed by atoms with Gasteiger partial charge in [-0.3, -0.25) is 10.1 Å². The van der Waals surface area contributed by atoms with Crippen LogP contribution in [-0.2, 0) is 6.42 Å². The van der Waals surface area contributed by atoms with Crippen LogP contribution < -0.4 is 4.74 Å². The number of halogens is 2. The average molecular weight is 417 g/mol. The second kappa shape index (κ2) is 6.95. The van der Waals surface area contributed by atoms with Crippen LogP contribution in [0.1, 0.15) is 19.2 Å². The summed E-state index contributed by atoms with van der Waals surface area (Å²) < 4.78 is 6.66. The van der Waals surface area contributed by atoms with Crippen LogP contribution in [0.5, 0.6) is 11.6 Å². The maximum absolute atomic E-state index is 11.1. The van der Waals surface area contributed by atoms with Crippen molar-refractivity contribution in [2.75, 3.05) is 0 Å². The van der Waals surface area contributed by atoms with E-state index in [1.54, 1.807) is 18.2 Å². The summed E-state index contributed by atoms with van der Waals surface area (Å²) >= 11 is 6.54. The van der Waals surface area contributed by atoms with Gasteiger partial charge in [-0.05, 0) is 44.3 Å². The summed E-state index contributed by atoms with van der Waals surface area (Å²) in [5, 5.41) is 11.1. The van der Waals surface area contributed by atoms with Crippen LogP contribution in [0.25, 0.3) is 0 Å². The van der Waals surface area contributed by atoms with Gasteiger partial charge in [-0.1, -0.05) is 13.0 Å². The number of benzene rings is 1. The molecule has 0 spiro atoms. The molecule has 0 amide bonds. The number of nitro benzene ring substituents is 1. The summed E-state index contributed by atoms with van der Waals surface area (Å²) in [5.41, 5.74) is -0.129. The quantitative estimate of drug-likeness (QED) is 0.402. The molecule has 1 aromatic heterocycles. The standard InChI is InChI=1S/C13H11Br2N3O3/c1-2-4-11-16-10(15)7-12(17-11)21-13-8(14)5-3-6-9(13)18(19)20/h3,5-7H,2,4H2,1H3. The van der Waals surface area contributed by atoms with Crippen LogP contribution in [-0.4, -0.2) is 14.9 Å². The number of aromatic nitrogens is 2. The average Bonchev–Trinajstić information content (AvgIpc) is 2.40. The number of hydrogen-bond acceptors (Lipinski definition) is 5. The van der Waals surface area contributed by atoms with Crippen molar-refractivity contribution in [2.45, 2.75) is 19.8 Å². The zero-order valence-electron chi connectivity index (χ0n) is 11.0. The van der Waals surface area contributed by atoms with Crippen molar-refractivity contribution >= 4 is 37.5 Å². The Balaban J connectivity index is 2.40. The fraction of sp³-hybridized carbons (Fsp3) is 0.231. The minimum Gasteiger partial charge on any atom is -0.430 e.